The Labute approximate surface area is 140 Å². The Morgan fingerprint density at radius 1 is 1.21 bits per heavy atom. The fourth-order valence-corrected chi connectivity index (χ4v) is 3.89. The number of H-pyrrole nitrogens is 1. The van der Waals surface area contributed by atoms with Crippen LogP contribution >= 0.6 is 0 Å². The first-order chi connectivity index (χ1) is 11.7. The number of hydrogen-bond acceptors (Lipinski definition) is 3. The maximum atomic E-state index is 12.8. The Bertz CT molecular complexity index is 797. The van der Waals surface area contributed by atoms with E-state index in [0.717, 1.165) is 35.0 Å². The lowest BCUT2D eigenvalue weighted by Crippen LogP contribution is -2.64. The maximum Gasteiger partial charge on any atom is 0.246 e. The molecule has 4 N–H and O–H groups in total. The SMILES string of the molecule is NCCCC[C@@H]1NC(=O)[C@@H]2Cc3c([nH]c4ccccc34)CN2C1=O. The van der Waals surface area contributed by atoms with Crippen molar-refractivity contribution in [1.29, 1.82) is 0 Å². The number of para-hydroxylation sites is 1. The van der Waals surface area contributed by atoms with Crippen LogP contribution in [-0.4, -0.2) is 40.3 Å². The molecule has 0 spiro atoms. The number of fused-ring (bicyclic) bond motifs is 4. The Morgan fingerprint density at radius 2 is 2.04 bits per heavy atom. The molecule has 0 radical (unpaired) electrons. The van der Waals surface area contributed by atoms with Gasteiger partial charge in [0.1, 0.15) is 12.1 Å². The van der Waals surface area contributed by atoms with Crippen molar-refractivity contribution in [3.63, 3.8) is 0 Å². The van der Waals surface area contributed by atoms with Gasteiger partial charge in [-0.25, -0.2) is 0 Å². The molecule has 4 rings (SSSR count). The number of rotatable bonds is 4. The number of aromatic amines is 1. The first-order valence-electron chi connectivity index (χ1n) is 8.58. The lowest BCUT2D eigenvalue weighted by atomic mass is 9.92. The minimum atomic E-state index is -0.411. The number of aromatic nitrogens is 1. The van der Waals surface area contributed by atoms with E-state index in [0.29, 0.717) is 25.9 Å². The van der Waals surface area contributed by atoms with Crippen LogP contribution in [-0.2, 0) is 22.6 Å². The third kappa shape index (κ3) is 2.38. The Morgan fingerprint density at radius 3 is 2.88 bits per heavy atom. The molecule has 6 heteroatoms. The molecule has 2 aliphatic heterocycles. The van der Waals surface area contributed by atoms with Crippen LogP contribution < -0.4 is 11.1 Å². The summed E-state index contributed by atoms with van der Waals surface area (Å²) in [6.07, 6.45) is 2.95. The third-order valence-corrected chi connectivity index (χ3v) is 5.15. The van der Waals surface area contributed by atoms with Gasteiger partial charge in [-0.2, -0.15) is 0 Å². The molecule has 1 fully saturated rings. The quantitative estimate of drug-likeness (QED) is 0.733. The lowest BCUT2D eigenvalue weighted by molar-refractivity contribution is -0.150. The normalized spacial score (nSPS) is 23.1. The van der Waals surface area contributed by atoms with Crippen LogP contribution in [0.15, 0.2) is 24.3 Å². The highest BCUT2D eigenvalue weighted by molar-refractivity contribution is 5.98. The molecular weight excluding hydrogens is 304 g/mol. The molecule has 3 heterocycles. The fourth-order valence-electron chi connectivity index (χ4n) is 3.89. The van der Waals surface area contributed by atoms with Crippen LogP contribution in [0.4, 0.5) is 0 Å². The van der Waals surface area contributed by atoms with Crippen LogP contribution in [0.3, 0.4) is 0 Å². The molecule has 0 saturated carbocycles. The molecule has 2 aromatic rings. The largest absolute Gasteiger partial charge is 0.357 e. The van der Waals surface area contributed by atoms with Crippen molar-refractivity contribution in [3.8, 4) is 0 Å². The molecule has 0 bridgehead atoms. The van der Waals surface area contributed by atoms with Crippen molar-refractivity contribution in [2.24, 2.45) is 5.73 Å². The zero-order valence-electron chi connectivity index (χ0n) is 13.5. The number of nitrogens with two attached hydrogens (primary N) is 1. The van der Waals surface area contributed by atoms with E-state index in [1.807, 2.05) is 18.2 Å². The van der Waals surface area contributed by atoms with Crippen LogP contribution in [0.5, 0.6) is 0 Å². The van der Waals surface area contributed by atoms with Gasteiger partial charge in [-0.3, -0.25) is 9.59 Å². The first kappa shape index (κ1) is 15.2. The summed E-state index contributed by atoms with van der Waals surface area (Å²) >= 11 is 0. The average molecular weight is 326 g/mol. The summed E-state index contributed by atoms with van der Waals surface area (Å²) in [6.45, 7) is 1.09. The van der Waals surface area contributed by atoms with Crippen molar-refractivity contribution in [2.75, 3.05) is 6.54 Å². The summed E-state index contributed by atoms with van der Waals surface area (Å²) in [5, 5.41) is 4.06. The van der Waals surface area contributed by atoms with Gasteiger partial charge in [0.15, 0.2) is 0 Å². The second-order valence-electron chi connectivity index (χ2n) is 6.66. The highest BCUT2D eigenvalue weighted by Crippen LogP contribution is 2.32. The number of unbranched alkanes of at least 4 members (excludes halogenated alkanes) is 1. The number of carbonyl (C=O) groups is 2. The molecule has 126 valence electrons. The molecule has 0 unspecified atom stereocenters. The summed E-state index contributed by atoms with van der Waals surface area (Å²) in [5.74, 6) is -0.00999. The van der Waals surface area contributed by atoms with Gasteiger partial charge in [-0.15, -0.1) is 0 Å². The lowest BCUT2D eigenvalue weighted by Gasteiger charge is -2.41. The minimum absolute atomic E-state index is 0.0286. The summed E-state index contributed by atoms with van der Waals surface area (Å²) in [5.41, 5.74) is 8.80. The second kappa shape index (κ2) is 5.94. The van der Waals surface area contributed by atoms with Crippen LogP contribution in [0.1, 0.15) is 30.5 Å². The van der Waals surface area contributed by atoms with Crippen molar-refractivity contribution in [3.05, 3.63) is 35.5 Å². The number of benzene rings is 1. The zero-order valence-corrected chi connectivity index (χ0v) is 13.5. The predicted octanol–water partition coefficient (Wildman–Crippen LogP) is 1.05. The fraction of sp³-hybridized carbons (Fsp3) is 0.444. The Kier molecular flexibility index (Phi) is 3.76. The number of piperazine rings is 1. The van der Waals surface area contributed by atoms with E-state index in [9.17, 15) is 9.59 Å². The van der Waals surface area contributed by atoms with Crippen molar-refractivity contribution >= 4 is 22.7 Å². The Balaban J connectivity index is 1.62. The van der Waals surface area contributed by atoms with Crippen LogP contribution in [0.2, 0.25) is 0 Å². The van der Waals surface area contributed by atoms with Gasteiger partial charge in [0.05, 0.1) is 6.54 Å². The summed E-state index contributed by atoms with van der Waals surface area (Å²) in [4.78, 5) is 30.5. The summed E-state index contributed by atoms with van der Waals surface area (Å²) in [6, 6.07) is 7.29. The molecule has 1 saturated heterocycles. The molecule has 2 amide bonds. The molecule has 0 aliphatic carbocycles. The van der Waals surface area contributed by atoms with E-state index in [1.165, 1.54) is 0 Å². The molecular formula is C18H22N4O2. The maximum absolute atomic E-state index is 12.8. The summed E-state index contributed by atoms with van der Waals surface area (Å²) in [7, 11) is 0. The monoisotopic (exact) mass is 326 g/mol. The van der Waals surface area contributed by atoms with Crippen molar-refractivity contribution in [1.82, 2.24) is 15.2 Å². The number of amides is 2. The topological polar surface area (TPSA) is 91.2 Å². The summed E-state index contributed by atoms with van der Waals surface area (Å²) < 4.78 is 0. The van der Waals surface area contributed by atoms with Gasteiger partial charge < -0.3 is 20.9 Å². The number of nitrogens with zero attached hydrogens (tertiary/aromatic N) is 1. The van der Waals surface area contributed by atoms with E-state index in [2.05, 4.69) is 16.4 Å². The average Bonchev–Trinajstić information content (AvgIpc) is 2.96. The minimum Gasteiger partial charge on any atom is -0.357 e. The van der Waals surface area contributed by atoms with E-state index >= 15 is 0 Å². The van der Waals surface area contributed by atoms with Crippen LogP contribution in [0, 0.1) is 0 Å². The van der Waals surface area contributed by atoms with Crippen molar-refractivity contribution in [2.45, 2.75) is 44.3 Å². The molecule has 1 aromatic heterocycles. The molecule has 6 nitrogen and oxygen atoms in total. The smallest absolute Gasteiger partial charge is 0.246 e. The standard InChI is InChI=1S/C18H22N4O2/c19-8-4-3-7-14-18(24)22-10-15-12(9-16(22)17(23)21-14)11-5-1-2-6-13(11)20-15/h1-2,5-6,14,16,20H,3-4,7-10,19H2,(H,21,23)/t14-,16-/m0/s1. The van der Waals surface area contributed by atoms with Crippen molar-refractivity contribution < 1.29 is 9.59 Å². The van der Waals surface area contributed by atoms with E-state index < -0.39 is 12.1 Å². The van der Waals surface area contributed by atoms with Gasteiger partial charge in [-0.05, 0) is 37.4 Å². The number of nitrogens with one attached hydrogen (secondary N) is 2. The van der Waals surface area contributed by atoms with E-state index in [-0.39, 0.29) is 11.8 Å². The van der Waals surface area contributed by atoms with Gasteiger partial charge in [0.2, 0.25) is 11.8 Å². The van der Waals surface area contributed by atoms with Gasteiger partial charge in [0, 0.05) is 23.0 Å². The van der Waals surface area contributed by atoms with Crippen LogP contribution in [0.25, 0.3) is 10.9 Å². The third-order valence-electron chi connectivity index (χ3n) is 5.15. The van der Waals surface area contributed by atoms with Gasteiger partial charge in [-0.1, -0.05) is 18.2 Å². The highest BCUT2D eigenvalue weighted by Gasteiger charge is 2.43. The molecule has 2 atom stereocenters. The van der Waals surface area contributed by atoms with E-state index in [1.54, 1.807) is 4.90 Å². The van der Waals surface area contributed by atoms with Gasteiger partial charge in [0.25, 0.3) is 0 Å². The molecule has 1 aromatic carbocycles. The highest BCUT2D eigenvalue weighted by atomic mass is 16.2. The molecule has 2 aliphatic rings. The van der Waals surface area contributed by atoms with Gasteiger partial charge >= 0.3 is 0 Å². The number of hydrogen-bond donors (Lipinski definition) is 3. The van der Waals surface area contributed by atoms with E-state index in [4.69, 9.17) is 5.73 Å². The zero-order chi connectivity index (χ0) is 16.7. The second-order valence-corrected chi connectivity index (χ2v) is 6.66. The predicted molar refractivity (Wildman–Crippen MR) is 91.2 cm³/mol. The Hall–Kier alpha value is -2.34. The molecule has 24 heavy (non-hydrogen) atoms. The number of carbonyl (C=O) groups excluding carboxylic acids is 2. The first-order valence-corrected chi connectivity index (χ1v) is 8.58.